The largest absolute Gasteiger partial charge is 0.312 e. The Bertz CT molecular complexity index is 379. The van der Waals surface area contributed by atoms with Gasteiger partial charge in [0.15, 0.2) is 0 Å². The molecule has 0 saturated heterocycles. The highest BCUT2D eigenvalue weighted by Gasteiger charge is 2.27. The van der Waals surface area contributed by atoms with E-state index in [1.807, 2.05) is 0 Å². The maximum atomic E-state index is 3.50. The number of hydrogen-bond acceptors (Lipinski definition) is 2. The maximum absolute atomic E-state index is 3.50. The summed E-state index contributed by atoms with van der Waals surface area (Å²) in [4.78, 5) is 2.64. The van der Waals surface area contributed by atoms with Gasteiger partial charge >= 0.3 is 0 Å². The van der Waals surface area contributed by atoms with E-state index in [-0.39, 0.29) is 0 Å². The highest BCUT2D eigenvalue weighted by Crippen LogP contribution is 2.28. The van der Waals surface area contributed by atoms with Gasteiger partial charge in [0, 0.05) is 19.1 Å². The van der Waals surface area contributed by atoms with Crippen molar-refractivity contribution in [1.29, 1.82) is 0 Å². The van der Waals surface area contributed by atoms with Gasteiger partial charge in [-0.25, -0.2) is 0 Å². The molecule has 0 bridgehead atoms. The number of rotatable bonds is 9. The lowest BCUT2D eigenvalue weighted by atomic mass is 10.1. The molecule has 112 valence electrons. The highest BCUT2D eigenvalue weighted by atomic mass is 15.2. The Morgan fingerprint density at radius 3 is 2.35 bits per heavy atom. The normalized spacial score (nSPS) is 15.2. The monoisotopic (exact) mass is 274 g/mol. The van der Waals surface area contributed by atoms with E-state index in [1.54, 1.807) is 0 Å². The lowest BCUT2D eigenvalue weighted by Crippen LogP contribution is -2.26. The Morgan fingerprint density at radius 2 is 1.80 bits per heavy atom. The van der Waals surface area contributed by atoms with E-state index in [4.69, 9.17) is 0 Å². The molecule has 1 aromatic rings. The molecule has 0 spiro atoms. The molecule has 0 unspecified atom stereocenters. The summed E-state index contributed by atoms with van der Waals surface area (Å²) in [6.07, 6.45) is 4.06. The van der Waals surface area contributed by atoms with Crippen molar-refractivity contribution in [2.24, 2.45) is 5.92 Å². The van der Waals surface area contributed by atoms with Gasteiger partial charge in [0.1, 0.15) is 0 Å². The fourth-order valence-electron chi connectivity index (χ4n) is 2.62. The molecule has 2 nitrogen and oxygen atoms in total. The quantitative estimate of drug-likeness (QED) is 0.736. The van der Waals surface area contributed by atoms with Crippen molar-refractivity contribution in [3.05, 3.63) is 35.4 Å². The van der Waals surface area contributed by atoms with Crippen LogP contribution in [0.15, 0.2) is 24.3 Å². The molecule has 0 aliphatic heterocycles. The van der Waals surface area contributed by atoms with Crippen molar-refractivity contribution in [3.8, 4) is 0 Å². The molecular weight excluding hydrogens is 244 g/mol. The third-order valence-corrected chi connectivity index (χ3v) is 3.86. The molecule has 2 heteroatoms. The highest BCUT2D eigenvalue weighted by molar-refractivity contribution is 5.22. The molecule has 20 heavy (non-hydrogen) atoms. The summed E-state index contributed by atoms with van der Waals surface area (Å²) in [5, 5.41) is 3.50. The number of nitrogens with zero attached hydrogens (tertiary/aromatic N) is 1. The molecule has 1 aromatic carbocycles. The minimum Gasteiger partial charge on any atom is -0.312 e. The van der Waals surface area contributed by atoms with Gasteiger partial charge in [0.05, 0.1) is 0 Å². The van der Waals surface area contributed by atoms with Crippen molar-refractivity contribution in [2.75, 3.05) is 13.1 Å². The molecule has 1 aliphatic rings. The Morgan fingerprint density at radius 1 is 1.15 bits per heavy atom. The minimum absolute atomic E-state index is 0.718. The van der Waals surface area contributed by atoms with E-state index < -0.39 is 0 Å². The van der Waals surface area contributed by atoms with Crippen molar-refractivity contribution in [2.45, 2.75) is 59.2 Å². The van der Waals surface area contributed by atoms with Crippen LogP contribution in [0.25, 0.3) is 0 Å². The summed E-state index contributed by atoms with van der Waals surface area (Å²) in [6.45, 7) is 11.2. The first-order chi connectivity index (χ1) is 9.69. The van der Waals surface area contributed by atoms with Gasteiger partial charge in [0.25, 0.3) is 0 Å². The van der Waals surface area contributed by atoms with E-state index in [9.17, 15) is 0 Å². The average molecular weight is 274 g/mol. The van der Waals surface area contributed by atoms with Crippen LogP contribution in [0.2, 0.25) is 0 Å². The molecule has 0 radical (unpaired) electrons. The van der Waals surface area contributed by atoms with Crippen LogP contribution in [0.1, 0.15) is 51.2 Å². The average Bonchev–Trinajstić information content (AvgIpc) is 3.24. The minimum atomic E-state index is 0.718. The topological polar surface area (TPSA) is 15.3 Å². The molecule has 1 N–H and O–H groups in total. The summed E-state index contributed by atoms with van der Waals surface area (Å²) in [5.74, 6) is 0.718. The zero-order valence-corrected chi connectivity index (χ0v) is 13.4. The number of benzene rings is 1. The molecule has 2 rings (SSSR count). The molecule has 1 saturated carbocycles. The fourth-order valence-corrected chi connectivity index (χ4v) is 2.62. The SMILES string of the molecule is CCCN(Cc1ccc(CNCC(C)C)cc1)C1CC1. The van der Waals surface area contributed by atoms with Gasteiger partial charge in [-0.05, 0) is 49.4 Å². The zero-order valence-electron chi connectivity index (χ0n) is 13.4. The molecular formula is C18H30N2. The van der Waals surface area contributed by atoms with Crippen LogP contribution in [0.5, 0.6) is 0 Å². The molecule has 1 fully saturated rings. The van der Waals surface area contributed by atoms with Crippen LogP contribution < -0.4 is 5.32 Å². The molecule has 0 heterocycles. The first-order valence-electron chi connectivity index (χ1n) is 8.21. The van der Waals surface area contributed by atoms with Crippen LogP contribution >= 0.6 is 0 Å². The zero-order chi connectivity index (χ0) is 14.4. The lowest BCUT2D eigenvalue weighted by Gasteiger charge is -2.21. The van der Waals surface area contributed by atoms with Gasteiger partial charge in [-0.1, -0.05) is 45.0 Å². The Balaban J connectivity index is 1.81. The van der Waals surface area contributed by atoms with Crippen molar-refractivity contribution in [3.63, 3.8) is 0 Å². The Kier molecular flexibility index (Phi) is 6.06. The summed E-state index contributed by atoms with van der Waals surface area (Å²) in [6, 6.07) is 10.0. The predicted octanol–water partition coefficient (Wildman–Crippen LogP) is 3.81. The van der Waals surface area contributed by atoms with Crippen molar-refractivity contribution >= 4 is 0 Å². The van der Waals surface area contributed by atoms with Crippen LogP contribution in [0.3, 0.4) is 0 Å². The first kappa shape index (κ1) is 15.5. The summed E-state index contributed by atoms with van der Waals surface area (Å²) in [7, 11) is 0. The van der Waals surface area contributed by atoms with Gasteiger partial charge in [-0.2, -0.15) is 0 Å². The van der Waals surface area contributed by atoms with Gasteiger partial charge < -0.3 is 5.32 Å². The fraction of sp³-hybridized carbons (Fsp3) is 0.667. The summed E-state index contributed by atoms with van der Waals surface area (Å²) in [5.41, 5.74) is 2.85. The molecule has 0 amide bonds. The lowest BCUT2D eigenvalue weighted by molar-refractivity contribution is 0.255. The van der Waals surface area contributed by atoms with E-state index >= 15 is 0 Å². The molecule has 0 aromatic heterocycles. The third-order valence-electron chi connectivity index (χ3n) is 3.86. The predicted molar refractivity (Wildman–Crippen MR) is 86.7 cm³/mol. The number of nitrogens with one attached hydrogen (secondary N) is 1. The van der Waals surface area contributed by atoms with Gasteiger partial charge in [0.2, 0.25) is 0 Å². The van der Waals surface area contributed by atoms with E-state index in [0.717, 1.165) is 31.6 Å². The second kappa shape index (κ2) is 7.80. The standard InChI is InChI=1S/C18H30N2/c1-4-11-20(18-9-10-18)14-17-7-5-16(6-8-17)13-19-12-15(2)3/h5-8,15,18-19H,4,9-14H2,1-3H3. The van der Waals surface area contributed by atoms with E-state index in [0.29, 0.717) is 0 Å². The van der Waals surface area contributed by atoms with E-state index in [2.05, 4.69) is 55.3 Å². The Labute approximate surface area is 124 Å². The van der Waals surface area contributed by atoms with Crippen LogP contribution in [0.4, 0.5) is 0 Å². The first-order valence-corrected chi connectivity index (χ1v) is 8.21. The maximum Gasteiger partial charge on any atom is 0.0236 e. The van der Waals surface area contributed by atoms with Crippen LogP contribution in [-0.4, -0.2) is 24.0 Å². The van der Waals surface area contributed by atoms with Crippen molar-refractivity contribution in [1.82, 2.24) is 10.2 Å². The van der Waals surface area contributed by atoms with Gasteiger partial charge in [-0.3, -0.25) is 4.90 Å². The summed E-state index contributed by atoms with van der Waals surface area (Å²) >= 11 is 0. The summed E-state index contributed by atoms with van der Waals surface area (Å²) < 4.78 is 0. The Hall–Kier alpha value is -0.860. The molecule has 1 aliphatic carbocycles. The van der Waals surface area contributed by atoms with Crippen LogP contribution in [0, 0.1) is 5.92 Å². The van der Waals surface area contributed by atoms with E-state index in [1.165, 1.54) is 36.9 Å². The smallest absolute Gasteiger partial charge is 0.0236 e. The second-order valence-electron chi connectivity index (χ2n) is 6.54. The second-order valence-corrected chi connectivity index (χ2v) is 6.54. The third kappa shape index (κ3) is 5.26. The molecule has 0 atom stereocenters. The van der Waals surface area contributed by atoms with Gasteiger partial charge in [-0.15, -0.1) is 0 Å². The number of hydrogen-bond donors (Lipinski definition) is 1. The van der Waals surface area contributed by atoms with Crippen LogP contribution in [-0.2, 0) is 13.1 Å². The van der Waals surface area contributed by atoms with Crippen molar-refractivity contribution < 1.29 is 0 Å².